The van der Waals surface area contributed by atoms with Gasteiger partial charge in [0.1, 0.15) is 5.82 Å². The number of rotatable bonds is 7. The van der Waals surface area contributed by atoms with Crippen molar-refractivity contribution in [1.82, 2.24) is 10.2 Å². The number of nitrogens with one attached hydrogen (secondary N) is 1. The molecule has 3 rings (SSSR count). The topological polar surface area (TPSA) is 75.7 Å². The molecule has 0 radical (unpaired) electrons. The van der Waals surface area contributed by atoms with Crippen molar-refractivity contribution in [1.29, 1.82) is 0 Å². The average Bonchev–Trinajstić information content (AvgIpc) is 2.73. The molecule has 0 unspecified atom stereocenters. The van der Waals surface area contributed by atoms with Crippen LogP contribution in [-0.4, -0.2) is 35.8 Å². The highest BCUT2D eigenvalue weighted by Gasteiger charge is 2.28. The van der Waals surface area contributed by atoms with Gasteiger partial charge in [-0.3, -0.25) is 14.4 Å². The molecule has 7 heteroatoms. The zero-order chi connectivity index (χ0) is 21.5. The van der Waals surface area contributed by atoms with E-state index >= 15 is 0 Å². The van der Waals surface area contributed by atoms with Crippen molar-refractivity contribution in [2.45, 2.75) is 25.8 Å². The molecule has 6 nitrogen and oxygen atoms in total. The van der Waals surface area contributed by atoms with Crippen LogP contribution in [0.3, 0.4) is 0 Å². The predicted molar refractivity (Wildman–Crippen MR) is 109 cm³/mol. The highest BCUT2D eigenvalue weighted by molar-refractivity contribution is 5.82. The van der Waals surface area contributed by atoms with Crippen LogP contribution in [0.4, 0.5) is 4.39 Å². The molecule has 1 aliphatic heterocycles. The Morgan fingerprint density at radius 1 is 1.10 bits per heavy atom. The first kappa shape index (κ1) is 21.2. The zero-order valence-electron chi connectivity index (χ0n) is 16.6. The summed E-state index contributed by atoms with van der Waals surface area (Å²) >= 11 is 0. The Kier molecular flexibility index (Phi) is 6.95. The summed E-state index contributed by atoms with van der Waals surface area (Å²) in [5.41, 5.74) is 2.68. The summed E-state index contributed by atoms with van der Waals surface area (Å²) < 4.78 is 18.0. The Morgan fingerprint density at radius 3 is 2.57 bits per heavy atom. The van der Waals surface area contributed by atoms with E-state index in [1.807, 2.05) is 30.3 Å². The Morgan fingerprint density at radius 2 is 1.83 bits per heavy atom. The summed E-state index contributed by atoms with van der Waals surface area (Å²) in [4.78, 5) is 37.7. The molecule has 1 atom stereocenters. The van der Waals surface area contributed by atoms with E-state index in [0.29, 0.717) is 13.0 Å². The first-order valence-electron chi connectivity index (χ1n) is 9.67. The van der Waals surface area contributed by atoms with Crippen molar-refractivity contribution in [2.24, 2.45) is 0 Å². The van der Waals surface area contributed by atoms with Crippen LogP contribution in [0.1, 0.15) is 36.1 Å². The van der Waals surface area contributed by atoms with Crippen LogP contribution in [0.5, 0.6) is 0 Å². The maximum atomic E-state index is 12.9. The van der Waals surface area contributed by atoms with E-state index in [-0.39, 0.29) is 18.1 Å². The van der Waals surface area contributed by atoms with Gasteiger partial charge in [0.15, 0.2) is 6.61 Å². The number of benzene rings is 2. The summed E-state index contributed by atoms with van der Waals surface area (Å²) in [5.74, 6) is -1.48. The molecule has 2 aromatic rings. The Hall–Kier alpha value is -3.48. The number of carbonyl (C=O) groups is 3. The van der Waals surface area contributed by atoms with Crippen LogP contribution in [0.15, 0.2) is 54.7 Å². The molecule has 30 heavy (non-hydrogen) atoms. The van der Waals surface area contributed by atoms with Crippen LogP contribution in [0.25, 0.3) is 6.08 Å². The van der Waals surface area contributed by atoms with Crippen molar-refractivity contribution in [2.75, 3.05) is 13.2 Å². The molecule has 2 amide bonds. The van der Waals surface area contributed by atoms with E-state index in [9.17, 15) is 18.8 Å². The van der Waals surface area contributed by atoms with Crippen LogP contribution < -0.4 is 5.32 Å². The van der Waals surface area contributed by atoms with Gasteiger partial charge in [-0.05, 0) is 41.3 Å². The van der Waals surface area contributed by atoms with Gasteiger partial charge < -0.3 is 15.0 Å². The number of hydrogen-bond donors (Lipinski definition) is 1. The minimum absolute atomic E-state index is 0.0518. The third kappa shape index (κ3) is 5.53. The Bertz CT molecular complexity index is 956. The summed E-state index contributed by atoms with van der Waals surface area (Å²) in [7, 11) is 0. The molecular formula is C23H23FN2O4. The highest BCUT2D eigenvalue weighted by Crippen LogP contribution is 2.32. The zero-order valence-corrected chi connectivity index (χ0v) is 16.6. The number of nitrogens with zero attached hydrogens (tertiary/aromatic N) is 1. The monoisotopic (exact) mass is 410 g/mol. The van der Waals surface area contributed by atoms with E-state index in [2.05, 4.69) is 5.32 Å². The molecule has 1 heterocycles. The summed E-state index contributed by atoms with van der Waals surface area (Å²) in [6, 6.07) is 13.1. The van der Waals surface area contributed by atoms with Crippen LogP contribution in [-0.2, 0) is 25.5 Å². The number of esters is 1. The van der Waals surface area contributed by atoms with Gasteiger partial charge in [-0.2, -0.15) is 0 Å². The van der Waals surface area contributed by atoms with Crippen molar-refractivity contribution in [3.63, 3.8) is 0 Å². The smallest absolute Gasteiger partial charge is 0.308 e. The normalized spacial score (nSPS) is 14.7. The molecule has 1 aliphatic rings. The van der Waals surface area contributed by atoms with Crippen LogP contribution in [0.2, 0.25) is 0 Å². The number of carbonyl (C=O) groups excluding carboxylic acids is 3. The van der Waals surface area contributed by atoms with Gasteiger partial charge >= 0.3 is 5.97 Å². The predicted octanol–water partition coefficient (Wildman–Crippen LogP) is 2.99. The first-order chi connectivity index (χ1) is 14.4. The second-order valence-corrected chi connectivity index (χ2v) is 6.98. The van der Waals surface area contributed by atoms with E-state index in [0.717, 1.165) is 16.7 Å². The number of hydrogen-bond acceptors (Lipinski definition) is 4. The summed E-state index contributed by atoms with van der Waals surface area (Å²) in [6.45, 7) is 1.39. The van der Waals surface area contributed by atoms with Gasteiger partial charge in [0.05, 0.1) is 12.5 Å². The Labute approximate surface area is 174 Å². The van der Waals surface area contributed by atoms with Crippen molar-refractivity contribution in [3.05, 3.63) is 77.2 Å². The first-order valence-corrected chi connectivity index (χ1v) is 9.67. The molecule has 2 aromatic carbocycles. The summed E-state index contributed by atoms with van der Waals surface area (Å²) in [6.07, 6.45) is 3.97. The third-order valence-corrected chi connectivity index (χ3v) is 4.84. The van der Waals surface area contributed by atoms with Gasteiger partial charge in [0.2, 0.25) is 5.91 Å². The lowest BCUT2D eigenvalue weighted by molar-refractivity contribution is -0.150. The van der Waals surface area contributed by atoms with Crippen molar-refractivity contribution < 1.29 is 23.5 Å². The third-order valence-electron chi connectivity index (χ3n) is 4.84. The maximum Gasteiger partial charge on any atom is 0.308 e. The van der Waals surface area contributed by atoms with Crippen molar-refractivity contribution in [3.8, 4) is 0 Å². The Balaban J connectivity index is 1.48. The number of ether oxygens (including phenoxy) is 1. The standard InChI is InChI=1S/C23H23FN2O4/c1-16(27)26-13-11-18-4-2-3-5-20(18)21(26)14-23(29)30-15-22(28)25-12-10-17-6-8-19(24)9-7-17/h2-9,11,13,21H,10,12,14-15H2,1H3,(H,25,28)/t21-/m0/s1. The minimum atomic E-state index is -0.565. The second kappa shape index (κ2) is 9.82. The number of amides is 2. The fourth-order valence-electron chi connectivity index (χ4n) is 3.32. The van der Waals surface area contributed by atoms with Gasteiger partial charge in [-0.15, -0.1) is 0 Å². The largest absolute Gasteiger partial charge is 0.456 e. The van der Waals surface area contributed by atoms with E-state index in [1.54, 1.807) is 18.3 Å². The fourth-order valence-corrected chi connectivity index (χ4v) is 3.32. The molecule has 0 bridgehead atoms. The highest BCUT2D eigenvalue weighted by atomic mass is 19.1. The lowest BCUT2D eigenvalue weighted by Gasteiger charge is -2.32. The van der Waals surface area contributed by atoms with E-state index in [4.69, 9.17) is 4.74 Å². The van der Waals surface area contributed by atoms with E-state index < -0.39 is 24.5 Å². The lowest BCUT2D eigenvalue weighted by atomic mass is 9.94. The molecule has 0 spiro atoms. The van der Waals surface area contributed by atoms with Gasteiger partial charge in [-0.1, -0.05) is 36.4 Å². The summed E-state index contributed by atoms with van der Waals surface area (Å²) in [5, 5.41) is 2.66. The molecule has 1 N–H and O–H groups in total. The van der Waals surface area contributed by atoms with Crippen molar-refractivity contribution >= 4 is 23.9 Å². The molecule has 0 fully saturated rings. The molecule has 0 aliphatic carbocycles. The molecule has 156 valence electrons. The maximum absolute atomic E-state index is 12.9. The molecule has 0 saturated carbocycles. The van der Waals surface area contributed by atoms with Gasteiger partial charge in [0.25, 0.3) is 5.91 Å². The lowest BCUT2D eigenvalue weighted by Crippen LogP contribution is -2.34. The number of fused-ring (bicyclic) bond motifs is 1. The van der Waals surface area contributed by atoms with Crippen LogP contribution >= 0.6 is 0 Å². The fraction of sp³-hybridized carbons (Fsp3) is 0.261. The van der Waals surface area contributed by atoms with Gasteiger partial charge in [0, 0.05) is 19.7 Å². The molecule has 0 aromatic heterocycles. The second-order valence-electron chi connectivity index (χ2n) is 6.98. The number of halogens is 1. The molecule has 0 saturated heterocycles. The minimum Gasteiger partial charge on any atom is -0.456 e. The average molecular weight is 410 g/mol. The SMILES string of the molecule is CC(=O)N1C=Cc2ccccc2[C@@H]1CC(=O)OCC(=O)NCCc1ccc(F)cc1. The quantitative estimate of drug-likeness (QED) is 0.712. The van der Waals surface area contributed by atoms with E-state index in [1.165, 1.54) is 24.0 Å². The van der Waals surface area contributed by atoms with Crippen LogP contribution in [0, 0.1) is 5.82 Å². The molecular weight excluding hydrogens is 387 g/mol. The van der Waals surface area contributed by atoms with Gasteiger partial charge in [-0.25, -0.2) is 4.39 Å².